The van der Waals surface area contributed by atoms with E-state index < -0.39 is 6.04 Å². The zero-order valence-electron chi connectivity index (χ0n) is 11.7. The van der Waals surface area contributed by atoms with Crippen LogP contribution in [0.5, 0.6) is 0 Å². The highest BCUT2D eigenvalue weighted by Gasteiger charge is 2.37. The first-order valence-electron chi connectivity index (χ1n) is 7.09. The van der Waals surface area contributed by atoms with Gasteiger partial charge in [-0.1, -0.05) is 6.07 Å². The first-order valence-corrected chi connectivity index (χ1v) is 7.97. The quantitative estimate of drug-likeness (QED) is 0.856. The van der Waals surface area contributed by atoms with Crippen LogP contribution in [0.15, 0.2) is 17.5 Å². The van der Waals surface area contributed by atoms with Gasteiger partial charge in [-0.15, -0.1) is 23.7 Å². The summed E-state index contributed by atoms with van der Waals surface area (Å²) in [6.07, 6.45) is 1.95. The Kier molecular flexibility index (Phi) is 5.61. The average molecular weight is 330 g/mol. The molecule has 0 radical (unpaired) electrons. The first kappa shape index (κ1) is 16.3. The van der Waals surface area contributed by atoms with E-state index in [-0.39, 0.29) is 30.1 Å². The van der Waals surface area contributed by atoms with Crippen LogP contribution < -0.4 is 10.6 Å². The van der Waals surface area contributed by atoms with Gasteiger partial charge in [-0.2, -0.15) is 0 Å². The molecule has 116 valence electrons. The zero-order chi connectivity index (χ0) is 13.9. The third-order valence-electron chi connectivity index (χ3n) is 3.95. The van der Waals surface area contributed by atoms with E-state index in [0.29, 0.717) is 13.1 Å². The van der Waals surface area contributed by atoms with Crippen molar-refractivity contribution in [3.8, 4) is 0 Å². The Hall–Kier alpha value is -1.11. The summed E-state index contributed by atoms with van der Waals surface area (Å²) in [6.45, 7) is 2.86. The van der Waals surface area contributed by atoms with Crippen molar-refractivity contribution in [1.29, 1.82) is 0 Å². The molecule has 2 N–H and O–H groups in total. The van der Waals surface area contributed by atoms with E-state index in [2.05, 4.69) is 10.6 Å². The summed E-state index contributed by atoms with van der Waals surface area (Å²) in [5.41, 5.74) is 0. The molecule has 2 aliphatic rings. The highest BCUT2D eigenvalue weighted by atomic mass is 35.5. The van der Waals surface area contributed by atoms with Crippen molar-refractivity contribution in [2.45, 2.75) is 18.9 Å². The number of piperidine rings is 1. The van der Waals surface area contributed by atoms with Gasteiger partial charge in [0, 0.05) is 24.5 Å². The van der Waals surface area contributed by atoms with Crippen LogP contribution in [0.1, 0.15) is 23.8 Å². The van der Waals surface area contributed by atoms with Crippen molar-refractivity contribution in [3.05, 3.63) is 22.4 Å². The van der Waals surface area contributed by atoms with E-state index in [1.807, 2.05) is 17.5 Å². The number of amides is 2. The van der Waals surface area contributed by atoms with Crippen LogP contribution in [0.2, 0.25) is 0 Å². The third-order valence-corrected chi connectivity index (χ3v) is 4.88. The van der Waals surface area contributed by atoms with Gasteiger partial charge in [-0.3, -0.25) is 9.59 Å². The van der Waals surface area contributed by atoms with Gasteiger partial charge in [-0.05, 0) is 30.8 Å². The molecule has 0 aromatic carbocycles. The Labute approximate surface area is 134 Å². The fraction of sp³-hybridized carbons (Fsp3) is 0.571. The van der Waals surface area contributed by atoms with E-state index >= 15 is 0 Å². The molecule has 0 saturated carbocycles. The second-order valence-electron chi connectivity index (χ2n) is 5.28. The number of carbonyl (C=O) groups excluding carboxylic acids is 2. The number of hydrogen-bond donors (Lipinski definition) is 2. The summed E-state index contributed by atoms with van der Waals surface area (Å²) in [4.78, 5) is 27.6. The number of thiophene rings is 1. The largest absolute Gasteiger partial charge is 0.352 e. The van der Waals surface area contributed by atoms with E-state index in [9.17, 15) is 9.59 Å². The maximum atomic E-state index is 12.7. The molecule has 3 rings (SSSR count). The van der Waals surface area contributed by atoms with E-state index in [1.54, 1.807) is 4.90 Å². The highest BCUT2D eigenvalue weighted by Crippen LogP contribution is 2.29. The number of piperazine rings is 1. The number of nitrogens with one attached hydrogen (secondary N) is 2. The second-order valence-corrected chi connectivity index (χ2v) is 6.26. The minimum atomic E-state index is -0.446. The molecule has 2 amide bonds. The Morgan fingerprint density at radius 3 is 2.90 bits per heavy atom. The van der Waals surface area contributed by atoms with E-state index in [1.165, 1.54) is 11.3 Å². The average Bonchev–Trinajstić information content (AvgIpc) is 3.01. The normalized spacial score (nSPS) is 25.9. The van der Waals surface area contributed by atoms with E-state index in [4.69, 9.17) is 0 Å². The van der Waals surface area contributed by atoms with Crippen LogP contribution in [-0.4, -0.2) is 42.9 Å². The number of carbonyl (C=O) groups is 2. The minimum absolute atomic E-state index is 0. The molecule has 5 nitrogen and oxygen atoms in total. The summed E-state index contributed by atoms with van der Waals surface area (Å²) in [6, 6.07) is 3.41. The molecule has 3 heterocycles. The van der Waals surface area contributed by atoms with Crippen molar-refractivity contribution in [3.63, 3.8) is 0 Å². The maximum absolute atomic E-state index is 12.7. The number of rotatable bonds is 2. The van der Waals surface area contributed by atoms with Gasteiger partial charge in [0.25, 0.3) is 0 Å². The van der Waals surface area contributed by atoms with Crippen LogP contribution in [0.4, 0.5) is 0 Å². The van der Waals surface area contributed by atoms with Crippen molar-refractivity contribution < 1.29 is 9.59 Å². The van der Waals surface area contributed by atoms with Gasteiger partial charge in [0.15, 0.2) is 0 Å². The highest BCUT2D eigenvalue weighted by molar-refractivity contribution is 7.10. The van der Waals surface area contributed by atoms with Gasteiger partial charge in [0.2, 0.25) is 11.8 Å². The Morgan fingerprint density at radius 2 is 2.24 bits per heavy atom. The predicted octanol–water partition coefficient (Wildman–Crippen LogP) is 1.17. The van der Waals surface area contributed by atoms with Gasteiger partial charge in [0.05, 0.1) is 5.92 Å². The molecule has 0 aliphatic carbocycles. The number of nitrogens with zero attached hydrogens (tertiary/aromatic N) is 1. The summed E-state index contributed by atoms with van der Waals surface area (Å²) < 4.78 is 0. The molecule has 1 aromatic heterocycles. The molecule has 7 heteroatoms. The third kappa shape index (κ3) is 3.39. The molecule has 2 fully saturated rings. The molecule has 2 aliphatic heterocycles. The van der Waals surface area contributed by atoms with Crippen molar-refractivity contribution >= 4 is 35.6 Å². The van der Waals surface area contributed by atoms with Crippen LogP contribution in [-0.2, 0) is 9.59 Å². The fourth-order valence-corrected chi connectivity index (χ4v) is 3.77. The maximum Gasteiger partial charge on any atom is 0.248 e. The minimum Gasteiger partial charge on any atom is -0.352 e. The number of hydrogen-bond acceptors (Lipinski definition) is 4. The SMILES string of the molecule is Cl.O=C1NCCN(C(=O)C2CCCNC2)C1c1cccs1. The molecule has 21 heavy (non-hydrogen) atoms. The fourth-order valence-electron chi connectivity index (χ4n) is 2.93. The lowest BCUT2D eigenvalue weighted by Crippen LogP contribution is -2.54. The van der Waals surface area contributed by atoms with Gasteiger partial charge < -0.3 is 15.5 Å². The number of halogens is 1. The van der Waals surface area contributed by atoms with Gasteiger partial charge >= 0.3 is 0 Å². The lowest BCUT2D eigenvalue weighted by Gasteiger charge is -2.37. The lowest BCUT2D eigenvalue weighted by molar-refractivity contribution is -0.146. The zero-order valence-corrected chi connectivity index (χ0v) is 13.3. The molecule has 2 unspecified atom stereocenters. The molecule has 1 aromatic rings. The molecular formula is C14H20ClN3O2S. The standard InChI is InChI=1S/C14H19N3O2S.ClH/c18-13-12(11-4-2-8-20-11)17(7-6-16-13)14(19)10-3-1-5-15-9-10;/h2,4,8,10,12,15H,1,3,5-7,9H2,(H,16,18);1H. The summed E-state index contributed by atoms with van der Waals surface area (Å²) in [5, 5.41) is 8.08. The molecular weight excluding hydrogens is 310 g/mol. The van der Waals surface area contributed by atoms with Gasteiger partial charge in [-0.25, -0.2) is 0 Å². The van der Waals surface area contributed by atoms with Crippen LogP contribution in [0.3, 0.4) is 0 Å². The van der Waals surface area contributed by atoms with E-state index in [0.717, 1.165) is 30.8 Å². The van der Waals surface area contributed by atoms with Crippen LogP contribution in [0, 0.1) is 5.92 Å². The van der Waals surface area contributed by atoms with Crippen molar-refractivity contribution in [2.24, 2.45) is 5.92 Å². The molecule has 0 bridgehead atoms. The van der Waals surface area contributed by atoms with Gasteiger partial charge in [0.1, 0.15) is 6.04 Å². The Balaban J connectivity index is 0.00000161. The predicted molar refractivity (Wildman–Crippen MR) is 84.6 cm³/mol. The summed E-state index contributed by atoms with van der Waals surface area (Å²) in [7, 11) is 0. The molecule has 2 saturated heterocycles. The summed E-state index contributed by atoms with van der Waals surface area (Å²) in [5.74, 6) is 0.0679. The molecule has 2 atom stereocenters. The Morgan fingerprint density at radius 1 is 1.38 bits per heavy atom. The smallest absolute Gasteiger partial charge is 0.248 e. The molecule has 0 spiro atoms. The van der Waals surface area contributed by atoms with Crippen molar-refractivity contribution in [1.82, 2.24) is 15.5 Å². The van der Waals surface area contributed by atoms with Crippen LogP contribution >= 0.6 is 23.7 Å². The monoisotopic (exact) mass is 329 g/mol. The summed E-state index contributed by atoms with van der Waals surface area (Å²) >= 11 is 1.53. The van der Waals surface area contributed by atoms with Crippen molar-refractivity contribution in [2.75, 3.05) is 26.2 Å². The second kappa shape index (κ2) is 7.24. The first-order chi connectivity index (χ1) is 9.77. The topological polar surface area (TPSA) is 61.4 Å². The lowest BCUT2D eigenvalue weighted by atomic mass is 9.96. The van der Waals surface area contributed by atoms with Crippen LogP contribution in [0.25, 0.3) is 0 Å². The Bertz CT molecular complexity index is 488.